The fourth-order valence-corrected chi connectivity index (χ4v) is 2.53. The topological polar surface area (TPSA) is 99.0 Å². The summed E-state index contributed by atoms with van der Waals surface area (Å²) in [6.07, 6.45) is 0. The lowest BCUT2D eigenvalue weighted by atomic mass is 10.1. The quantitative estimate of drug-likeness (QED) is 0.592. The van der Waals surface area contributed by atoms with Gasteiger partial charge < -0.3 is 10.2 Å². The second-order valence-corrected chi connectivity index (χ2v) is 6.00. The number of rotatable bonds is 4. The Morgan fingerprint density at radius 3 is 2.19 bits per heavy atom. The van der Waals surface area contributed by atoms with Gasteiger partial charge in [0.25, 0.3) is 10.0 Å². The second-order valence-electron chi connectivity index (χ2n) is 4.34. The molecule has 0 aliphatic carbocycles. The summed E-state index contributed by atoms with van der Waals surface area (Å²) in [5.74, 6) is -0.268. The first-order valence-electron chi connectivity index (χ1n) is 6.03. The molecule has 0 radical (unpaired) electrons. The maximum atomic E-state index is 12.0. The molecule has 6 nitrogen and oxygen atoms in total. The Balaban J connectivity index is 2.24. The van der Waals surface area contributed by atoms with Crippen LogP contribution in [0.15, 0.2) is 58.5 Å². The zero-order chi connectivity index (χ0) is 15.5. The number of sulfonamides is 1. The third-order valence-corrected chi connectivity index (χ3v) is 3.93. The summed E-state index contributed by atoms with van der Waals surface area (Å²) in [4.78, 5) is 2.21. The molecule has 2 aromatic rings. The van der Waals surface area contributed by atoms with Crippen LogP contribution in [0.5, 0.6) is 11.5 Å². The number of phenolic OH excluding ortho intramolecular Hbond substituents is 2. The Bertz CT molecular complexity index is 751. The average Bonchev–Trinajstić information content (AvgIpc) is 2.45. The third-order valence-electron chi connectivity index (χ3n) is 2.71. The fourth-order valence-electron chi connectivity index (χ4n) is 1.65. The first-order chi connectivity index (χ1) is 9.88. The SMILES string of the molecule is C/C(=N/NS(=O)(=O)c1ccccc1)c1cc(O)cc(O)c1. The van der Waals surface area contributed by atoms with E-state index in [1.54, 1.807) is 25.1 Å². The molecule has 0 fully saturated rings. The van der Waals surface area contributed by atoms with E-state index >= 15 is 0 Å². The van der Waals surface area contributed by atoms with Crippen molar-refractivity contribution in [3.63, 3.8) is 0 Å². The predicted molar refractivity (Wildman–Crippen MR) is 78.7 cm³/mol. The van der Waals surface area contributed by atoms with E-state index in [2.05, 4.69) is 9.93 Å². The number of aromatic hydroxyl groups is 2. The van der Waals surface area contributed by atoms with Gasteiger partial charge in [0.15, 0.2) is 0 Å². The molecule has 0 saturated carbocycles. The van der Waals surface area contributed by atoms with Gasteiger partial charge in [0, 0.05) is 11.6 Å². The van der Waals surface area contributed by atoms with Crippen LogP contribution in [0.4, 0.5) is 0 Å². The van der Waals surface area contributed by atoms with Crippen molar-refractivity contribution >= 4 is 15.7 Å². The maximum Gasteiger partial charge on any atom is 0.276 e. The molecule has 0 aromatic heterocycles. The summed E-state index contributed by atoms with van der Waals surface area (Å²) < 4.78 is 24.0. The average molecular weight is 306 g/mol. The van der Waals surface area contributed by atoms with E-state index in [1.807, 2.05) is 0 Å². The highest BCUT2D eigenvalue weighted by Gasteiger charge is 2.12. The van der Waals surface area contributed by atoms with Crippen LogP contribution >= 0.6 is 0 Å². The normalized spacial score (nSPS) is 12.1. The minimum atomic E-state index is -3.75. The van der Waals surface area contributed by atoms with Gasteiger partial charge >= 0.3 is 0 Å². The first-order valence-corrected chi connectivity index (χ1v) is 7.51. The molecule has 7 heteroatoms. The number of phenols is 2. The van der Waals surface area contributed by atoms with Gasteiger partial charge in [-0.25, -0.2) is 0 Å². The summed E-state index contributed by atoms with van der Waals surface area (Å²) in [7, 11) is -3.75. The minimum absolute atomic E-state index is 0.0975. The van der Waals surface area contributed by atoms with E-state index in [0.717, 1.165) is 0 Å². The van der Waals surface area contributed by atoms with Crippen molar-refractivity contribution in [2.24, 2.45) is 5.10 Å². The molecule has 0 amide bonds. The van der Waals surface area contributed by atoms with Crippen molar-refractivity contribution in [3.05, 3.63) is 54.1 Å². The lowest BCUT2D eigenvalue weighted by Gasteiger charge is -2.06. The minimum Gasteiger partial charge on any atom is -0.508 e. The van der Waals surface area contributed by atoms with Crippen molar-refractivity contribution in [1.29, 1.82) is 0 Å². The molecule has 110 valence electrons. The molecular formula is C14H14N2O4S. The monoisotopic (exact) mass is 306 g/mol. The van der Waals surface area contributed by atoms with E-state index in [9.17, 15) is 18.6 Å². The number of nitrogens with one attached hydrogen (secondary N) is 1. The van der Waals surface area contributed by atoms with Gasteiger partial charge in [-0.3, -0.25) is 0 Å². The molecule has 0 saturated heterocycles. The molecule has 0 atom stereocenters. The van der Waals surface area contributed by atoms with Crippen LogP contribution in [-0.4, -0.2) is 24.3 Å². The lowest BCUT2D eigenvalue weighted by Crippen LogP contribution is -2.19. The summed E-state index contributed by atoms with van der Waals surface area (Å²) in [6.45, 7) is 1.56. The van der Waals surface area contributed by atoms with Crippen molar-refractivity contribution in [2.75, 3.05) is 0 Å². The van der Waals surface area contributed by atoms with Crippen molar-refractivity contribution in [2.45, 2.75) is 11.8 Å². The Morgan fingerprint density at radius 1 is 1.05 bits per heavy atom. The highest BCUT2D eigenvalue weighted by atomic mass is 32.2. The van der Waals surface area contributed by atoms with E-state index in [1.165, 1.54) is 30.3 Å². The van der Waals surface area contributed by atoms with Crippen LogP contribution in [0.3, 0.4) is 0 Å². The van der Waals surface area contributed by atoms with Crippen molar-refractivity contribution in [3.8, 4) is 11.5 Å². The molecule has 0 aliphatic rings. The molecule has 2 rings (SSSR count). The van der Waals surface area contributed by atoms with Crippen LogP contribution < -0.4 is 4.83 Å². The number of hydrazone groups is 1. The van der Waals surface area contributed by atoms with Crippen molar-refractivity contribution < 1.29 is 18.6 Å². The van der Waals surface area contributed by atoms with Crippen molar-refractivity contribution in [1.82, 2.24) is 4.83 Å². The highest BCUT2D eigenvalue weighted by molar-refractivity contribution is 7.89. The molecule has 0 unspecified atom stereocenters. The Kier molecular flexibility index (Phi) is 4.13. The Labute approximate surface area is 122 Å². The molecule has 0 heterocycles. The van der Waals surface area contributed by atoms with Gasteiger partial charge in [0.05, 0.1) is 10.6 Å². The zero-order valence-corrected chi connectivity index (χ0v) is 12.0. The number of benzene rings is 2. The second kappa shape index (κ2) is 5.84. The predicted octanol–water partition coefficient (Wildman–Crippen LogP) is 1.80. The summed E-state index contributed by atoms with van der Waals surface area (Å²) in [5.41, 5.74) is 0.712. The van der Waals surface area contributed by atoms with E-state index in [0.29, 0.717) is 11.3 Å². The molecule has 0 bridgehead atoms. The van der Waals surface area contributed by atoms with Gasteiger partial charge in [-0.05, 0) is 31.2 Å². The highest BCUT2D eigenvalue weighted by Crippen LogP contribution is 2.20. The molecule has 0 spiro atoms. The molecule has 21 heavy (non-hydrogen) atoms. The molecule has 3 N–H and O–H groups in total. The zero-order valence-electron chi connectivity index (χ0n) is 11.2. The van der Waals surface area contributed by atoms with Crippen LogP contribution in [0.25, 0.3) is 0 Å². The Morgan fingerprint density at radius 2 is 1.62 bits per heavy atom. The fraction of sp³-hybridized carbons (Fsp3) is 0.0714. The Hall–Kier alpha value is -2.54. The van der Waals surface area contributed by atoms with E-state index in [-0.39, 0.29) is 16.4 Å². The first kappa shape index (κ1) is 14.9. The van der Waals surface area contributed by atoms with Gasteiger partial charge in [-0.15, -0.1) is 0 Å². The van der Waals surface area contributed by atoms with Gasteiger partial charge in [-0.1, -0.05) is 18.2 Å². The summed E-state index contributed by atoms with van der Waals surface area (Å²) in [5, 5.41) is 22.6. The largest absolute Gasteiger partial charge is 0.508 e. The smallest absolute Gasteiger partial charge is 0.276 e. The summed E-state index contributed by atoms with van der Waals surface area (Å²) in [6, 6.07) is 11.7. The molecule has 0 aliphatic heterocycles. The lowest BCUT2D eigenvalue weighted by molar-refractivity contribution is 0.450. The van der Waals surface area contributed by atoms with E-state index in [4.69, 9.17) is 0 Å². The molecule has 2 aromatic carbocycles. The maximum absolute atomic E-state index is 12.0. The van der Waals surface area contributed by atoms with Crippen LogP contribution in [-0.2, 0) is 10.0 Å². The van der Waals surface area contributed by atoms with Crippen LogP contribution in [0.1, 0.15) is 12.5 Å². The number of hydrogen-bond acceptors (Lipinski definition) is 5. The number of nitrogens with zero attached hydrogens (tertiary/aromatic N) is 1. The van der Waals surface area contributed by atoms with Gasteiger partial charge in [-0.2, -0.15) is 18.4 Å². The summed E-state index contributed by atoms with van der Waals surface area (Å²) >= 11 is 0. The van der Waals surface area contributed by atoms with Gasteiger partial charge in [0.2, 0.25) is 0 Å². The van der Waals surface area contributed by atoms with Crippen LogP contribution in [0, 0.1) is 0 Å². The van der Waals surface area contributed by atoms with Gasteiger partial charge in [0.1, 0.15) is 11.5 Å². The standard InChI is InChI=1S/C14H14N2O4S/c1-10(11-7-12(17)9-13(18)8-11)15-16-21(19,20)14-5-3-2-4-6-14/h2-9,16-18H,1H3/b15-10-. The molecular weight excluding hydrogens is 292 g/mol. The van der Waals surface area contributed by atoms with Crippen LogP contribution in [0.2, 0.25) is 0 Å². The number of hydrogen-bond donors (Lipinski definition) is 3. The van der Waals surface area contributed by atoms with E-state index < -0.39 is 10.0 Å². The third kappa shape index (κ3) is 3.73.